The molecule has 1 fully saturated rings. The second-order valence-corrected chi connectivity index (χ2v) is 4.71. The standard InChI is InChI=1S/C10H20N2O/c1-5-11-8-6-12(7-8)9(13)10(2,3)4/h8,11H,5-7H2,1-4H3. The molecule has 0 aromatic rings. The van der Waals surface area contributed by atoms with Gasteiger partial charge in [0.05, 0.1) is 0 Å². The number of nitrogens with zero attached hydrogens (tertiary/aromatic N) is 1. The number of hydrogen-bond acceptors (Lipinski definition) is 2. The van der Waals surface area contributed by atoms with Crippen molar-refractivity contribution in [2.75, 3.05) is 19.6 Å². The average molecular weight is 184 g/mol. The lowest BCUT2D eigenvalue weighted by Gasteiger charge is -2.42. The van der Waals surface area contributed by atoms with Crippen molar-refractivity contribution in [1.82, 2.24) is 10.2 Å². The molecule has 1 saturated heterocycles. The van der Waals surface area contributed by atoms with Crippen molar-refractivity contribution in [1.29, 1.82) is 0 Å². The van der Waals surface area contributed by atoms with Gasteiger partial charge in [-0.05, 0) is 6.54 Å². The molecule has 0 aliphatic carbocycles. The van der Waals surface area contributed by atoms with Gasteiger partial charge in [-0.25, -0.2) is 0 Å². The summed E-state index contributed by atoms with van der Waals surface area (Å²) in [6.07, 6.45) is 0. The van der Waals surface area contributed by atoms with E-state index in [4.69, 9.17) is 0 Å². The molecule has 76 valence electrons. The number of carbonyl (C=O) groups excluding carboxylic acids is 1. The van der Waals surface area contributed by atoms with E-state index < -0.39 is 0 Å². The Morgan fingerprint density at radius 1 is 1.46 bits per heavy atom. The Morgan fingerprint density at radius 2 is 2.00 bits per heavy atom. The molecule has 0 unspecified atom stereocenters. The summed E-state index contributed by atoms with van der Waals surface area (Å²) in [5, 5.41) is 3.32. The van der Waals surface area contributed by atoms with Crippen molar-refractivity contribution in [3.8, 4) is 0 Å². The van der Waals surface area contributed by atoms with Gasteiger partial charge in [0.25, 0.3) is 0 Å². The highest BCUT2D eigenvalue weighted by Gasteiger charge is 2.35. The third-order valence-electron chi connectivity index (χ3n) is 2.30. The molecule has 0 radical (unpaired) electrons. The minimum atomic E-state index is -0.225. The molecule has 13 heavy (non-hydrogen) atoms. The van der Waals surface area contributed by atoms with Crippen LogP contribution in [0.4, 0.5) is 0 Å². The van der Waals surface area contributed by atoms with Crippen LogP contribution >= 0.6 is 0 Å². The molecule has 1 amide bonds. The van der Waals surface area contributed by atoms with Gasteiger partial charge in [-0.2, -0.15) is 0 Å². The third-order valence-corrected chi connectivity index (χ3v) is 2.30. The largest absolute Gasteiger partial charge is 0.339 e. The van der Waals surface area contributed by atoms with E-state index >= 15 is 0 Å². The fourth-order valence-electron chi connectivity index (χ4n) is 1.54. The molecule has 3 nitrogen and oxygen atoms in total. The quantitative estimate of drug-likeness (QED) is 0.690. The molecule has 0 bridgehead atoms. The molecular formula is C10H20N2O. The van der Waals surface area contributed by atoms with E-state index in [2.05, 4.69) is 12.2 Å². The summed E-state index contributed by atoms with van der Waals surface area (Å²) in [6, 6.07) is 0.524. The van der Waals surface area contributed by atoms with E-state index in [0.717, 1.165) is 19.6 Å². The first-order valence-electron chi connectivity index (χ1n) is 4.98. The minimum Gasteiger partial charge on any atom is -0.339 e. The Hall–Kier alpha value is -0.570. The molecule has 1 rings (SSSR count). The van der Waals surface area contributed by atoms with E-state index in [1.54, 1.807) is 0 Å². The molecule has 1 aliphatic heterocycles. The lowest BCUT2D eigenvalue weighted by atomic mass is 9.92. The Morgan fingerprint density at radius 3 is 2.38 bits per heavy atom. The van der Waals surface area contributed by atoms with E-state index in [0.29, 0.717) is 6.04 Å². The first-order valence-corrected chi connectivity index (χ1v) is 4.98. The van der Waals surface area contributed by atoms with Crippen LogP contribution in [0.5, 0.6) is 0 Å². The van der Waals surface area contributed by atoms with Gasteiger partial charge in [-0.15, -0.1) is 0 Å². The van der Waals surface area contributed by atoms with Gasteiger partial charge >= 0.3 is 0 Å². The van der Waals surface area contributed by atoms with Gasteiger partial charge in [-0.1, -0.05) is 27.7 Å². The number of nitrogens with one attached hydrogen (secondary N) is 1. The zero-order chi connectivity index (χ0) is 10.1. The molecule has 0 aromatic heterocycles. The number of likely N-dealkylation sites (tertiary alicyclic amines) is 1. The summed E-state index contributed by atoms with van der Waals surface area (Å²) in [4.78, 5) is 13.6. The van der Waals surface area contributed by atoms with Crippen molar-refractivity contribution in [3.63, 3.8) is 0 Å². The highest BCUT2D eigenvalue weighted by atomic mass is 16.2. The number of hydrogen-bond donors (Lipinski definition) is 1. The van der Waals surface area contributed by atoms with E-state index in [1.165, 1.54) is 0 Å². The van der Waals surface area contributed by atoms with Gasteiger partial charge in [0.15, 0.2) is 0 Å². The van der Waals surface area contributed by atoms with Crippen molar-refractivity contribution >= 4 is 5.91 Å². The Labute approximate surface area is 80.5 Å². The maximum atomic E-state index is 11.7. The van der Waals surface area contributed by atoms with Crippen LogP contribution in [0.25, 0.3) is 0 Å². The van der Waals surface area contributed by atoms with E-state index in [9.17, 15) is 4.79 Å². The second kappa shape index (κ2) is 3.66. The molecule has 1 heterocycles. The fourth-order valence-corrected chi connectivity index (χ4v) is 1.54. The maximum absolute atomic E-state index is 11.7. The molecule has 1 N–H and O–H groups in total. The van der Waals surface area contributed by atoms with Gasteiger partial charge < -0.3 is 10.2 Å². The molecule has 0 aromatic carbocycles. The predicted molar refractivity (Wildman–Crippen MR) is 53.5 cm³/mol. The van der Waals surface area contributed by atoms with E-state index in [-0.39, 0.29) is 11.3 Å². The van der Waals surface area contributed by atoms with Crippen LogP contribution < -0.4 is 5.32 Å². The summed E-state index contributed by atoms with van der Waals surface area (Å²) in [7, 11) is 0. The highest BCUT2D eigenvalue weighted by Crippen LogP contribution is 2.21. The number of carbonyl (C=O) groups is 1. The maximum Gasteiger partial charge on any atom is 0.228 e. The normalized spacial score (nSPS) is 18.6. The highest BCUT2D eigenvalue weighted by molar-refractivity contribution is 5.82. The predicted octanol–water partition coefficient (Wildman–Crippen LogP) is 0.853. The smallest absolute Gasteiger partial charge is 0.228 e. The van der Waals surface area contributed by atoms with Crippen molar-refractivity contribution in [3.05, 3.63) is 0 Å². The lowest BCUT2D eigenvalue weighted by Crippen LogP contribution is -2.61. The van der Waals surface area contributed by atoms with Crippen LogP contribution in [0, 0.1) is 5.41 Å². The van der Waals surface area contributed by atoms with Crippen molar-refractivity contribution < 1.29 is 4.79 Å². The average Bonchev–Trinajstić information content (AvgIpc) is 1.92. The molecule has 0 saturated carbocycles. The summed E-state index contributed by atoms with van der Waals surface area (Å²) in [6.45, 7) is 10.7. The van der Waals surface area contributed by atoms with E-state index in [1.807, 2.05) is 25.7 Å². The van der Waals surface area contributed by atoms with Gasteiger partial charge in [0.2, 0.25) is 5.91 Å². The summed E-state index contributed by atoms with van der Waals surface area (Å²) >= 11 is 0. The summed E-state index contributed by atoms with van der Waals surface area (Å²) in [5.41, 5.74) is -0.225. The Kier molecular flexibility index (Phi) is 2.96. The Bertz CT molecular complexity index is 190. The molecule has 0 spiro atoms. The van der Waals surface area contributed by atoms with Gasteiger partial charge in [0, 0.05) is 24.5 Å². The zero-order valence-corrected chi connectivity index (χ0v) is 9.05. The van der Waals surface area contributed by atoms with Crippen molar-refractivity contribution in [2.45, 2.75) is 33.7 Å². The third kappa shape index (κ3) is 2.44. The fraction of sp³-hybridized carbons (Fsp3) is 0.900. The first kappa shape index (κ1) is 10.5. The SMILES string of the molecule is CCNC1CN(C(=O)C(C)(C)C)C1. The minimum absolute atomic E-state index is 0.225. The molecule has 1 aliphatic rings. The van der Waals surface area contributed by atoms with Crippen LogP contribution in [0.1, 0.15) is 27.7 Å². The molecule has 0 atom stereocenters. The van der Waals surface area contributed by atoms with Crippen LogP contribution in [-0.2, 0) is 4.79 Å². The van der Waals surface area contributed by atoms with Crippen LogP contribution in [0.15, 0.2) is 0 Å². The topological polar surface area (TPSA) is 32.3 Å². The van der Waals surface area contributed by atoms with Crippen LogP contribution in [-0.4, -0.2) is 36.5 Å². The molecular weight excluding hydrogens is 164 g/mol. The van der Waals surface area contributed by atoms with Crippen molar-refractivity contribution in [2.24, 2.45) is 5.41 Å². The number of amides is 1. The van der Waals surface area contributed by atoms with Gasteiger partial charge in [-0.3, -0.25) is 4.79 Å². The Balaban J connectivity index is 2.31. The lowest BCUT2D eigenvalue weighted by molar-refractivity contribution is -0.144. The van der Waals surface area contributed by atoms with Crippen LogP contribution in [0.3, 0.4) is 0 Å². The number of rotatable bonds is 2. The summed E-state index contributed by atoms with van der Waals surface area (Å²) < 4.78 is 0. The van der Waals surface area contributed by atoms with Crippen LogP contribution in [0.2, 0.25) is 0 Å². The zero-order valence-electron chi connectivity index (χ0n) is 9.05. The molecule has 3 heteroatoms. The second-order valence-electron chi connectivity index (χ2n) is 4.71. The first-order chi connectivity index (χ1) is 5.95. The van der Waals surface area contributed by atoms with Gasteiger partial charge in [0.1, 0.15) is 0 Å². The summed E-state index contributed by atoms with van der Waals surface area (Å²) in [5.74, 6) is 0.265. The monoisotopic (exact) mass is 184 g/mol. The number of likely N-dealkylation sites (N-methyl/N-ethyl adjacent to an activating group) is 1.